The molecule has 0 unspecified atom stereocenters. The molecule has 1 aromatic heterocycles. The molecule has 0 radical (unpaired) electrons. The minimum atomic E-state index is -0.778. The minimum absolute atomic E-state index is 0.0258. The third kappa shape index (κ3) is 3.97. The highest BCUT2D eigenvalue weighted by Gasteiger charge is 2.52. The number of ether oxygens (including phenoxy) is 1. The molecule has 5 aliphatic rings. The maximum Gasteiger partial charge on any atom is 0.256 e. The number of benzene rings is 1. The van der Waals surface area contributed by atoms with Crippen LogP contribution in [0, 0.1) is 5.92 Å². The van der Waals surface area contributed by atoms with Crippen LogP contribution in [0.3, 0.4) is 0 Å². The van der Waals surface area contributed by atoms with E-state index in [1.165, 1.54) is 6.42 Å². The normalized spacial score (nSPS) is 25.5. The number of fused-ring (bicyclic) bond motifs is 3. The smallest absolute Gasteiger partial charge is 0.256 e. The quantitative estimate of drug-likeness (QED) is 0.633. The number of aromatic nitrogens is 1. The number of carbonyl (C=O) groups excluding carboxylic acids is 3. The van der Waals surface area contributed by atoms with Crippen LogP contribution in [0.25, 0.3) is 0 Å². The summed E-state index contributed by atoms with van der Waals surface area (Å²) in [6.45, 7) is 0.990. The number of nitrogens with zero attached hydrogens (tertiary/aromatic N) is 3. The number of rotatable bonds is 4. The van der Waals surface area contributed by atoms with E-state index in [0.29, 0.717) is 50.4 Å². The Hall–Kier alpha value is -3.59. The van der Waals surface area contributed by atoms with Crippen LogP contribution in [-0.4, -0.2) is 58.7 Å². The number of hydrogen-bond donors (Lipinski definition) is 2. The lowest BCUT2D eigenvalue weighted by atomic mass is 9.79. The van der Waals surface area contributed by atoms with Crippen molar-refractivity contribution in [1.29, 1.82) is 0 Å². The minimum Gasteiger partial charge on any atom is -0.381 e. The maximum atomic E-state index is 13.7. The molecule has 2 N–H and O–H groups in total. The summed E-state index contributed by atoms with van der Waals surface area (Å²) in [5.41, 5.74) is 2.32. The average Bonchev–Trinajstić information content (AvgIpc) is 3.56. The van der Waals surface area contributed by atoms with Crippen LogP contribution in [0.5, 0.6) is 0 Å². The van der Waals surface area contributed by atoms with E-state index in [9.17, 15) is 14.4 Å². The zero-order chi connectivity index (χ0) is 26.6. The summed E-state index contributed by atoms with van der Waals surface area (Å²) in [6, 6.07) is 9.68. The number of anilines is 2. The van der Waals surface area contributed by atoms with Crippen LogP contribution in [0.1, 0.15) is 61.6 Å². The molecule has 7 rings (SSSR count). The second-order valence-electron chi connectivity index (χ2n) is 11.7. The SMILES string of the molecule is O=C(CN1C(=O)C2(CCOCC2)N=C1C1CCCCC1)Nc1ccc2c(c1)C[C@@]1(C2)C(=O)Nc2ncccc21. The first-order valence-corrected chi connectivity index (χ1v) is 14.2. The number of amides is 3. The van der Waals surface area contributed by atoms with Gasteiger partial charge in [-0.25, -0.2) is 4.98 Å². The summed E-state index contributed by atoms with van der Waals surface area (Å²) in [7, 11) is 0. The third-order valence-corrected chi connectivity index (χ3v) is 9.30. The zero-order valence-electron chi connectivity index (χ0n) is 22.0. The molecule has 4 heterocycles. The van der Waals surface area contributed by atoms with Gasteiger partial charge in [0.05, 0.1) is 5.41 Å². The van der Waals surface area contributed by atoms with Crippen molar-refractivity contribution in [1.82, 2.24) is 9.88 Å². The summed E-state index contributed by atoms with van der Waals surface area (Å²) >= 11 is 0. The Bertz CT molecular complexity index is 1390. The summed E-state index contributed by atoms with van der Waals surface area (Å²) < 4.78 is 5.53. The van der Waals surface area contributed by atoms with Gasteiger partial charge in [-0.2, -0.15) is 0 Å². The number of amidine groups is 1. The second-order valence-corrected chi connectivity index (χ2v) is 11.7. The van der Waals surface area contributed by atoms with Gasteiger partial charge in [-0.05, 0) is 55.0 Å². The Balaban J connectivity index is 1.09. The molecule has 2 fully saturated rings. The van der Waals surface area contributed by atoms with E-state index in [0.717, 1.165) is 48.2 Å². The van der Waals surface area contributed by atoms with E-state index in [1.54, 1.807) is 11.1 Å². The van der Waals surface area contributed by atoms with Gasteiger partial charge in [0.2, 0.25) is 11.8 Å². The van der Waals surface area contributed by atoms with Gasteiger partial charge >= 0.3 is 0 Å². The number of pyridine rings is 1. The van der Waals surface area contributed by atoms with Gasteiger partial charge in [0, 0.05) is 49.4 Å². The van der Waals surface area contributed by atoms with E-state index in [-0.39, 0.29) is 30.2 Å². The highest BCUT2D eigenvalue weighted by Crippen LogP contribution is 2.47. The van der Waals surface area contributed by atoms with Gasteiger partial charge in [0.15, 0.2) is 0 Å². The molecular weight excluding hydrogens is 494 g/mol. The lowest BCUT2D eigenvalue weighted by Crippen LogP contribution is -2.49. The molecular formula is C30H33N5O4. The van der Waals surface area contributed by atoms with Gasteiger partial charge in [-0.3, -0.25) is 24.3 Å². The van der Waals surface area contributed by atoms with Crippen molar-refractivity contribution >= 4 is 35.1 Å². The van der Waals surface area contributed by atoms with Gasteiger partial charge in [-0.15, -0.1) is 0 Å². The van der Waals surface area contributed by atoms with Gasteiger partial charge in [0.1, 0.15) is 23.7 Å². The van der Waals surface area contributed by atoms with Crippen molar-refractivity contribution in [2.75, 3.05) is 30.4 Å². The van der Waals surface area contributed by atoms with Crippen LogP contribution in [0.2, 0.25) is 0 Å². The van der Waals surface area contributed by atoms with Crippen LogP contribution < -0.4 is 10.6 Å². The van der Waals surface area contributed by atoms with Gasteiger partial charge in [0.25, 0.3) is 5.91 Å². The second kappa shape index (κ2) is 9.26. The first-order valence-electron chi connectivity index (χ1n) is 14.2. The predicted octanol–water partition coefficient (Wildman–Crippen LogP) is 3.38. The van der Waals surface area contributed by atoms with Gasteiger partial charge < -0.3 is 15.4 Å². The Morgan fingerprint density at radius 3 is 2.69 bits per heavy atom. The molecule has 1 saturated carbocycles. The summed E-state index contributed by atoms with van der Waals surface area (Å²) in [6.07, 6.45) is 9.48. The third-order valence-electron chi connectivity index (χ3n) is 9.30. The van der Waals surface area contributed by atoms with Crippen LogP contribution in [-0.2, 0) is 37.4 Å². The zero-order valence-corrected chi connectivity index (χ0v) is 22.0. The molecule has 2 aliphatic carbocycles. The van der Waals surface area contributed by atoms with Crippen molar-refractivity contribution in [3.63, 3.8) is 0 Å². The lowest BCUT2D eigenvalue weighted by Gasteiger charge is -2.30. The van der Waals surface area contributed by atoms with E-state index in [2.05, 4.69) is 15.6 Å². The summed E-state index contributed by atoms with van der Waals surface area (Å²) in [5.74, 6) is 1.34. The number of hydrogen-bond acceptors (Lipinski definition) is 6. The molecule has 3 aliphatic heterocycles. The van der Waals surface area contributed by atoms with E-state index in [1.807, 2.05) is 30.3 Å². The fourth-order valence-corrected chi connectivity index (χ4v) is 7.23. The Morgan fingerprint density at radius 2 is 1.87 bits per heavy atom. The summed E-state index contributed by atoms with van der Waals surface area (Å²) in [5, 5.41) is 5.95. The number of aliphatic imine (C=N–C) groups is 1. The Labute approximate surface area is 227 Å². The first-order chi connectivity index (χ1) is 19.0. The molecule has 9 heteroatoms. The molecule has 1 aromatic carbocycles. The Kier molecular flexibility index (Phi) is 5.80. The molecule has 2 spiro atoms. The van der Waals surface area contributed by atoms with Crippen molar-refractivity contribution in [3.05, 3.63) is 53.2 Å². The topological polar surface area (TPSA) is 113 Å². The van der Waals surface area contributed by atoms with Crippen molar-refractivity contribution in [2.45, 2.75) is 68.7 Å². The van der Waals surface area contributed by atoms with E-state index >= 15 is 0 Å². The largest absolute Gasteiger partial charge is 0.381 e. The van der Waals surface area contributed by atoms with Crippen molar-refractivity contribution < 1.29 is 19.1 Å². The first kappa shape index (κ1) is 24.5. The van der Waals surface area contributed by atoms with Crippen LogP contribution >= 0.6 is 0 Å². The fourth-order valence-electron chi connectivity index (χ4n) is 7.23. The van der Waals surface area contributed by atoms with E-state index < -0.39 is 11.0 Å². The summed E-state index contributed by atoms with van der Waals surface area (Å²) in [4.78, 5) is 51.1. The molecule has 39 heavy (non-hydrogen) atoms. The number of carbonyl (C=O) groups is 3. The highest BCUT2D eigenvalue weighted by molar-refractivity contribution is 6.12. The van der Waals surface area contributed by atoms with Crippen molar-refractivity contribution in [3.8, 4) is 0 Å². The Morgan fingerprint density at radius 1 is 1.08 bits per heavy atom. The molecule has 9 nitrogen and oxygen atoms in total. The van der Waals surface area contributed by atoms with E-state index in [4.69, 9.17) is 9.73 Å². The maximum absolute atomic E-state index is 13.7. The van der Waals surface area contributed by atoms with Crippen LogP contribution in [0.15, 0.2) is 41.5 Å². The lowest BCUT2D eigenvalue weighted by molar-refractivity contribution is -0.136. The molecule has 1 saturated heterocycles. The fraction of sp³-hybridized carbons (Fsp3) is 0.500. The number of nitrogens with one attached hydrogen (secondary N) is 2. The monoisotopic (exact) mass is 527 g/mol. The highest BCUT2D eigenvalue weighted by atomic mass is 16.5. The molecule has 2 aromatic rings. The molecule has 3 amide bonds. The molecule has 0 bridgehead atoms. The van der Waals surface area contributed by atoms with Gasteiger partial charge in [-0.1, -0.05) is 31.4 Å². The molecule has 202 valence electrons. The average molecular weight is 528 g/mol. The molecule has 1 atom stereocenters. The van der Waals surface area contributed by atoms with Crippen LogP contribution in [0.4, 0.5) is 11.5 Å². The predicted molar refractivity (Wildman–Crippen MR) is 146 cm³/mol. The standard InChI is InChI=1S/C30H33N5O4/c36-24(18-35-26(19-5-2-1-3-6-19)34-30(28(35)38)10-13-39-14-11-30)32-22-9-8-20-16-29(17-21(20)15-22)23-7-4-12-31-25(23)33-27(29)37/h4,7-9,12,15,19H,1-3,5-6,10-11,13-14,16-18H2,(H,32,36)(H,31,33,37)/t29-/m1/s1. The van der Waals surface area contributed by atoms with Crippen molar-refractivity contribution in [2.24, 2.45) is 10.9 Å².